The molecule has 1 atom stereocenters. The fraction of sp³-hybridized carbons (Fsp3) is 0.300. The van der Waals surface area contributed by atoms with E-state index >= 15 is 0 Å². The van der Waals surface area contributed by atoms with Gasteiger partial charge in [0, 0.05) is 18.7 Å². The van der Waals surface area contributed by atoms with Crippen LogP contribution in [0.1, 0.15) is 31.5 Å². The Morgan fingerprint density at radius 1 is 1.12 bits per heavy atom. The largest absolute Gasteiger partial charge is 0.311 e. The summed E-state index contributed by atoms with van der Waals surface area (Å²) >= 11 is 0. The summed E-state index contributed by atoms with van der Waals surface area (Å²) < 4.78 is 2.35. The molecular weight excluding hydrogens is 298 g/mol. The summed E-state index contributed by atoms with van der Waals surface area (Å²) in [5.41, 5.74) is 3.36. The van der Waals surface area contributed by atoms with Crippen LogP contribution in [0.15, 0.2) is 54.6 Å². The molecule has 2 aromatic carbocycles. The number of para-hydroxylation sites is 3. The number of hydrogen-bond acceptors (Lipinski definition) is 1. The number of nitrogens with one attached hydrogen (secondary N) is 1. The third-order valence-corrected chi connectivity index (χ3v) is 4.78. The lowest BCUT2D eigenvalue weighted by molar-refractivity contribution is -0.680. The van der Waals surface area contributed by atoms with Crippen LogP contribution in [-0.2, 0) is 11.3 Å². The van der Waals surface area contributed by atoms with Crippen molar-refractivity contribution in [2.24, 2.45) is 0 Å². The number of imidazole rings is 1. The second-order valence-electron chi connectivity index (χ2n) is 6.42. The van der Waals surface area contributed by atoms with Gasteiger partial charge in [0.1, 0.15) is 0 Å². The van der Waals surface area contributed by atoms with Gasteiger partial charge in [0.25, 0.3) is 5.82 Å². The van der Waals surface area contributed by atoms with Crippen LogP contribution in [0.4, 0.5) is 5.69 Å². The number of anilines is 1. The van der Waals surface area contributed by atoms with Crippen LogP contribution in [0, 0.1) is 0 Å². The Morgan fingerprint density at radius 3 is 2.67 bits per heavy atom. The van der Waals surface area contributed by atoms with Crippen LogP contribution in [0.3, 0.4) is 0 Å². The lowest BCUT2D eigenvalue weighted by Crippen LogP contribution is -2.38. The van der Waals surface area contributed by atoms with E-state index in [9.17, 15) is 4.79 Å². The lowest BCUT2D eigenvalue weighted by Gasteiger charge is -2.15. The zero-order valence-electron chi connectivity index (χ0n) is 13.9. The highest BCUT2D eigenvalue weighted by molar-refractivity contribution is 5.96. The first-order chi connectivity index (χ1) is 11.8. The molecule has 1 fully saturated rings. The molecule has 4 nitrogen and oxygen atoms in total. The van der Waals surface area contributed by atoms with Gasteiger partial charge in [0.2, 0.25) is 5.91 Å². The molecule has 1 aromatic heterocycles. The Hall–Kier alpha value is -2.62. The highest BCUT2D eigenvalue weighted by atomic mass is 16.2. The molecule has 0 bridgehead atoms. The van der Waals surface area contributed by atoms with Gasteiger partial charge in [-0.15, -0.1) is 0 Å². The molecule has 1 amide bonds. The summed E-state index contributed by atoms with van der Waals surface area (Å²) in [6.45, 7) is 3.89. The van der Waals surface area contributed by atoms with Crippen LogP contribution in [-0.4, -0.2) is 17.4 Å². The number of carbonyl (C=O) groups is 1. The molecule has 1 aliphatic heterocycles. The molecule has 0 saturated carbocycles. The van der Waals surface area contributed by atoms with Gasteiger partial charge in [0.05, 0.1) is 12.5 Å². The number of hydrogen-bond donors (Lipinski definition) is 1. The minimum absolute atomic E-state index is 0.202. The van der Waals surface area contributed by atoms with Crippen molar-refractivity contribution >= 4 is 22.6 Å². The van der Waals surface area contributed by atoms with Crippen molar-refractivity contribution in [1.82, 2.24) is 4.98 Å². The van der Waals surface area contributed by atoms with E-state index in [-0.39, 0.29) is 11.8 Å². The molecule has 0 spiro atoms. The van der Waals surface area contributed by atoms with Gasteiger partial charge in [-0.05, 0) is 30.7 Å². The maximum atomic E-state index is 12.5. The normalized spacial score (nSPS) is 17.8. The SMILES string of the molecule is CCC[n+]1c(C2CC(=O)N(c3ccccc3)C2)[nH]c2ccccc21. The van der Waals surface area contributed by atoms with Gasteiger partial charge < -0.3 is 4.90 Å². The minimum atomic E-state index is 0.202. The van der Waals surface area contributed by atoms with Crippen LogP contribution < -0.4 is 9.47 Å². The summed E-state index contributed by atoms with van der Waals surface area (Å²) in [7, 11) is 0. The standard InChI is InChI=1S/C20H21N3O/c1-2-12-22-18-11-7-6-10-17(18)21-20(22)15-13-19(24)23(14-15)16-8-4-3-5-9-16/h3-11,15H,2,12-14H2,1H3/p+1. The smallest absolute Gasteiger partial charge is 0.260 e. The first-order valence-electron chi connectivity index (χ1n) is 8.63. The number of fused-ring (bicyclic) bond motifs is 1. The van der Waals surface area contributed by atoms with Crippen molar-refractivity contribution < 1.29 is 9.36 Å². The van der Waals surface area contributed by atoms with Gasteiger partial charge >= 0.3 is 0 Å². The van der Waals surface area contributed by atoms with Gasteiger partial charge in [-0.1, -0.05) is 37.3 Å². The maximum Gasteiger partial charge on any atom is 0.260 e. The number of carbonyl (C=O) groups excluding carboxylic acids is 1. The first-order valence-corrected chi connectivity index (χ1v) is 8.63. The number of benzene rings is 2. The van der Waals surface area contributed by atoms with Crippen molar-refractivity contribution in [3.05, 3.63) is 60.4 Å². The summed E-state index contributed by atoms with van der Waals surface area (Å²) in [6, 6.07) is 18.3. The van der Waals surface area contributed by atoms with Crippen molar-refractivity contribution in [3.63, 3.8) is 0 Å². The van der Waals surface area contributed by atoms with Crippen molar-refractivity contribution in [2.45, 2.75) is 32.2 Å². The van der Waals surface area contributed by atoms with E-state index in [4.69, 9.17) is 0 Å². The van der Waals surface area contributed by atoms with E-state index in [1.165, 1.54) is 11.3 Å². The highest BCUT2D eigenvalue weighted by Crippen LogP contribution is 2.30. The van der Waals surface area contributed by atoms with Crippen molar-refractivity contribution in [1.29, 1.82) is 0 Å². The van der Waals surface area contributed by atoms with E-state index in [1.54, 1.807) is 0 Å². The molecule has 1 saturated heterocycles. The van der Waals surface area contributed by atoms with Crippen molar-refractivity contribution in [3.8, 4) is 0 Å². The van der Waals surface area contributed by atoms with Gasteiger partial charge in [-0.25, -0.2) is 9.55 Å². The van der Waals surface area contributed by atoms with E-state index in [1.807, 2.05) is 35.2 Å². The van der Waals surface area contributed by atoms with E-state index < -0.39 is 0 Å². The number of H-pyrrole nitrogens is 1. The summed E-state index contributed by atoms with van der Waals surface area (Å²) in [5, 5.41) is 0. The molecule has 4 heteroatoms. The Balaban J connectivity index is 1.71. The van der Waals surface area contributed by atoms with E-state index in [0.29, 0.717) is 6.42 Å². The number of nitrogens with zero attached hydrogens (tertiary/aromatic N) is 2. The van der Waals surface area contributed by atoms with Gasteiger partial charge in [0.15, 0.2) is 11.0 Å². The Morgan fingerprint density at radius 2 is 1.88 bits per heavy atom. The number of aryl methyl sites for hydroxylation is 1. The molecule has 1 N–H and O–H groups in total. The van der Waals surface area contributed by atoms with E-state index in [2.05, 4.69) is 40.7 Å². The summed E-state index contributed by atoms with van der Waals surface area (Å²) in [5.74, 6) is 1.58. The highest BCUT2D eigenvalue weighted by Gasteiger charge is 2.38. The summed E-state index contributed by atoms with van der Waals surface area (Å²) in [6.07, 6.45) is 1.63. The fourth-order valence-electron chi connectivity index (χ4n) is 3.69. The maximum absolute atomic E-state index is 12.5. The number of amides is 1. The average molecular weight is 320 g/mol. The van der Waals surface area contributed by atoms with Crippen LogP contribution in [0.25, 0.3) is 11.0 Å². The summed E-state index contributed by atoms with van der Waals surface area (Å²) in [4.78, 5) is 18.0. The number of aromatic amines is 1. The zero-order chi connectivity index (χ0) is 16.5. The third-order valence-electron chi connectivity index (χ3n) is 4.78. The molecular formula is C20H22N3O+. The Labute approximate surface area is 141 Å². The molecule has 4 rings (SSSR count). The minimum Gasteiger partial charge on any atom is -0.311 e. The molecule has 1 unspecified atom stereocenters. The third kappa shape index (κ3) is 2.48. The predicted molar refractivity (Wildman–Crippen MR) is 94.9 cm³/mol. The van der Waals surface area contributed by atoms with Crippen LogP contribution in [0.2, 0.25) is 0 Å². The number of aromatic nitrogens is 2. The first kappa shape index (κ1) is 14.9. The predicted octanol–water partition coefficient (Wildman–Crippen LogP) is 3.39. The fourth-order valence-corrected chi connectivity index (χ4v) is 3.69. The van der Waals surface area contributed by atoms with Gasteiger partial charge in [-0.2, -0.15) is 0 Å². The molecule has 3 aromatic rings. The second kappa shape index (κ2) is 6.11. The van der Waals surface area contributed by atoms with Gasteiger partial charge in [-0.3, -0.25) is 4.79 Å². The monoisotopic (exact) mass is 320 g/mol. The molecule has 0 aliphatic carbocycles. The Kier molecular flexibility index (Phi) is 3.81. The molecule has 0 radical (unpaired) electrons. The van der Waals surface area contributed by atoms with Crippen molar-refractivity contribution in [2.75, 3.05) is 11.4 Å². The Bertz CT molecular complexity index is 869. The quantitative estimate of drug-likeness (QED) is 0.736. The molecule has 1 aliphatic rings. The molecule has 122 valence electrons. The van der Waals surface area contributed by atoms with Crippen LogP contribution in [0.5, 0.6) is 0 Å². The lowest BCUT2D eigenvalue weighted by atomic mass is 10.1. The zero-order valence-corrected chi connectivity index (χ0v) is 13.9. The average Bonchev–Trinajstić information content (AvgIpc) is 3.17. The molecule has 24 heavy (non-hydrogen) atoms. The molecule has 2 heterocycles. The second-order valence-corrected chi connectivity index (χ2v) is 6.42. The topological polar surface area (TPSA) is 40.0 Å². The number of rotatable bonds is 4. The van der Waals surface area contributed by atoms with Crippen LogP contribution >= 0.6 is 0 Å². The van der Waals surface area contributed by atoms with E-state index in [0.717, 1.165) is 30.7 Å².